The van der Waals surface area contributed by atoms with Crippen LogP contribution in [-0.4, -0.2) is 49.7 Å². The van der Waals surface area contributed by atoms with Gasteiger partial charge in [-0.1, -0.05) is 18.2 Å². The Balaban J connectivity index is 1.79. The molecule has 2 unspecified atom stereocenters. The quantitative estimate of drug-likeness (QED) is 0.388. The van der Waals surface area contributed by atoms with Crippen LogP contribution in [0.4, 0.5) is 0 Å². The van der Waals surface area contributed by atoms with E-state index in [1.165, 1.54) is 5.56 Å². The summed E-state index contributed by atoms with van der Waals surface area (Å²) in [5.74, 6) is 0.256. The largest absolute Gasteiger partial charge is 0.458 e. The average Bonchev–Trinajstić information content (AvgIpc) is 3.20. The summed E-state index contributed by atoms with van der Waals surface area (Å²) < 4.78 is 5.91. The van der Waals surface area contributed by atoms with Crippen molar-refractivity contribution in [3.8, 4) is 0 Å². The highest BCUT2D eigenvalue weighted by molar-refractivity contribution is 5.80. The van der Waals surface area contributed by atoms with E-state index in [4.69, 9.17) is 14.7 Å². The molecule has 1 aliphatic carbocycles. The molecule has 7 nitrogen and oxygen atoms in total. The first kappa shape index (κ1) is 23.4. The molecule has 176 valence electrons. The van der Waals surface area contributed by atoms with Crippen molar-refractivity contribution in [2.45, 2.75) is 70.6 Å². The molecule has 0 bridgehead atoms. The predicted octanol–water partition coefficient (Wildman–Crippen LogP) is 4.49. The molecule has 1 aliphatic rings. The van der Waals surface area contributed by atoms with Crippen LogP contribution >= 0.6 is 0 Å². The summed E-state index contributed by atoms with van der Waals surface area (Å²) in [7, 11) is 0. The van der Waals surface area contributed by atoms with Crippen molar-refractivity contribution in [1.82, 2.24) is 19.9 Å². The number of para-hydroxylation sites is 2. The van der Waals surface area contributed by atoms with Crippen molar-refractivity contribution in [1.29, 1.82) is 0 Å². The van der Waals surface area contributed by atoms with Gasteiger partial charge in [0.1, 0.15) is 11.4 Å². The molecule has 1 aromatic carbocycles. The maximum atomic E-state index is 13.7. The minimum atomic E-state index is -0.701. The number of esters is 1. The van der Waals surface area contributed by atoms with Gasteiger partial charge in [0.15, 0.2) is 6.04 Å². The monoisotopic (exact) mass is 450 g/mol. The number of aliphatic hydroxyl groups excluding tert-OH is 1. The maximum absolute atomic E-state index is 13.7. The molecule has 2 aromatic heterocycles. The number of nitrogens with zero attached hydrogens (tertiary/aromatic N) is 3. The summed E-state index contributed by atoms with van der Waals surface area (Å²) in [4.78, 5) is 28.8. The van der Waals surface area contributed by atoms with E-state index in [9.17, 15) is 9.90 Å². The smallest absolute Gasteiger partial charge is 0.331 e. The first-order valence-corrected chi connectivity index (χ1v) is 11.9. The van der Waals surface area contributed by atoms with Gasteiger partial charge >= 0.3 is 5.97 Å². The van der Waals surface area contributed by atoms with Crippen LogP contribution < -0.4 is 0 Å². The van der Waals surface area contributed by atoms with E-state index in [0.29, 0.717) is 18.8 Å². The molecule has 7 heteroatoms. The number of aryl methyl sites for hydroxylation is 1. The first-order valence-electron chi connectivity index (χ1n) is 11.9. The maximum Gasteiger partial charge on any atom is 0.331 e. The van der Waals surface area contributed by atoms with Crippen LogP contribution in [0.25, 0.3) is 11.0 Å². The minimum absolute atomic E-state index is 0.0284. The molecular weight excluding hydrogens is 416 g/mol. The molecule has 2 atom stereocenters. The fraction of sp³-hybridized carbons (Fsp3) is 0.500. The number of hydrogen-bond acceptors (Lipinski definition) is 6. The number of imidazole rings is 1. The van der Waals surface area contributed by atoms with Gasteiger partial charge in [0.25, 0.3) is 0 Å². The molecule has 2 heterocycles. The standard InChI is InChI=1S/C26H34N4O3/c1-26(2,3)33-25(32)23(24-28-19-12-4-5-13-20(19)29-24)30(16-6-7-17-31)21-14-8-10-18-11-9-15-27-22(18)21/h4-5,9,11-13,15,21,23,31H,6-8,10,14,16-17H2,1-3H3,(H,28,29). The lowest BCUT2D eigenvalue weighted by Gasteiger charge is -2.39. The van der Waals surface area contributed by atoms with Gasteiger partial charge in [-0.05, 0) is 76.6 Å². The van der Waals surface area contributed by atoms with E-state index in [1.54, 1.807) is 0 Å². The lowest BCUT2D eigenvalue weighted by molar-refractivity contribution is -0.163. The summed E-state index contributed by atoms with van der Waals surface area (Å²) in [6.07, 6.45) is 6.18. The summed E-state index contributed by atoms with van der Waals surface area (Å²) in [5.41, 5.74) is 3.34. The van der Waals surface area contributed by atoms with Crippen LogP contribution in [-0.2, 0) is 16.0 Å². The number of carbonyl (C=O) groups excluding carboxylic acids is 1. The van der Waals surface area contributed by atoms with E-state index in [0.717, 1.165) is 42.4 Å². The highest BCUT2D eigenvalue weighted by Crippen LogP contribution is 2.39. The van der Waals surface area contributed by atoms with E-state index in [2.05, 4.69) is 16.0 Å². The molecule has 0 radical (unpaired) electrons. The Labute approximate surface area is 195 Å². The lowest BCUT2D eigenvalue weighted by Crippen LogP contribution is -2.42. The topological polar surface area (TPSA) is 91.3 Å². The Morgan fingerprint density at radius 1 is 1.24 bits per heavy atom. The molecule has 0 fully saturated rings. The number of rotatable bonds is 8. The normalized spacial score (nSPS) is 17.2. The third-order valence-electron chi connectivity index (χ3n) is 6.02. The number of hydrogen-bond donors (Lipinski definition) is 2. The SMILES string of the molecule is CC(C)(C)OC(=O)C(c1nc2ccccc2[nH]1)N(CCCCO)C1CCCc2cccnc21. The van der Waals surface area contributed by atoms with E-state index in [-0.39, 0.29) is 18.6 Å². The van der Waals surface area contributed by atoms with Gasteiger partial charge in [0.2, 0.25) is 0 Å². The van der Waals surface area contributed by atoms with Crippen molar-refractivity contribution in [2.24, 2.45) is 0 Å². The van der Waals surface area contributed by atoms with Gasteiger partial charge in [0.05, 0.1) is 22.8 Å². The zero-order valence-corrected chi connectivity index (χ0v) is 19.8. The van der Waals surface area contributed by atoms with Gasteiger partial charge in [-0.3, -0.25) is 9.88 Å². The predicted molar refractivity (Wildman–Crippen MR) is 128 cm³/mol. The second-order valence-corrected chi connectivity index (χ2v) is 9.70. The number of fused-ring (bicyclic) bond motifs is 2. The number of pyridine rings is 1. The van der Waals surface area contributed by atoms with Gasteiger partial charge < -0.3 is 14.8 Å². The van der Waals surface area contributed by atoms with E-state index in [1.807, 2.05) is 57.3 Å². The number of unbranched alkanes of at least 4 members (excludes halogenated alkanes) is 1. The number of aromatic amines is 1. The molecule has 0 spiro atoms. The Morgan fingerprint density at radius 3 is 2.82 bits per heavy atom. The molecule has 0 amide bonds. The van der Waals surface area contributed by atoms with Crippen LogP contribution in [0.2, 0.25) is 0 Å². The number of aliphatic hydroxyl groups is 1. The van der Waals surface area contributed by atoms with Gasteiger partial charge in [-0.15, -0.1) is 0 Å². The van der Waals surface area contributed by atoms with Crippen LogP contribution in [0, 0.1) is 0 Å². The van der Waals surface area contributed by atoms with Crippen LogP contribution in [0.5, 0.6) is 0 Å². The number of benzene rings is 1. The summed E-state index contributed by atoms with van der Waals surface area (Å²) in [6, 6.07) is 11.2. The molecule has 0 saturated carbocycles. The third-order valence-corrected chi connectivity index (χ3v) is 6.02. The lowest BCUT2D eigenvalue weighted by atomic mass is 9.89. The van der Waals surface area contributed by atoms with E-state index < -0.39 is 11.6 Å². The first-order chi connectivity index (χ1) is 15.9. The molecular formula is C26H34N4O3. The summed E-state index contributed by atoms with van der Waals surface area (Å²) >= 11 is 0. The number of carbonyl (C=O) groups is 1. The number of nitrogens with one attached hydrogen (secondary N) is 1. The van der Waals surface area contributed by atoms with E-state index >= 15 is 0 Å². The fourth-order valence-corrected chi connectivity index (χ4v) is 4.64. The summed E-state index contributed by atoms with van der Waals surface area (Å²) in [5, 5.41) is 9.42. The number of aromatic nitrogens is 3. The van der Waals surface area contributed by atoms with Crippen molar-refractivity contribution >= 4 is 17.0 Å². The Hall–Kier alpha value is -2.77. The zero-order chi connectivity index (χ0) is 23.4. The van der Waals surface area contributed by atoms with Gasteiger partial charge in [-0.25, -0.2) is 9.78 Å². The van der Waals surface area contributed by atoms with Crippen molar-refractivity contribution in [3.63, 3.8) is 0 Å². The highest BCUT2D eigenvalue weighted by Gasteiger charge is 2.40. The van der Waals surface area contributed by atoms with Crippen molar-refractivity contribution < 1.29 is 14.6 Å². The van der Waals surface area contributed by atoms with Gasteiger partial charge in [-0.2, -0.15) is 0 Å². The minimum Gasteiger partial charge on any atom is -0.458 e. The van der Waals surface area contributed by atoms with Crippen LogP contribution in [0.1, 0.15) is 75.6 Å². The second-order valence-electron chi connectivity index (χ2n) is 9.70. The third kappa shape index (κ3) is 5.42. The Kier molecular flexibility index (Phi) is 7.10. The molecule has 33 heavy (non-hydrogen) atoms. The highest BCUT2D eigenvalue weighted by atomic mass is 16.6. The summed E-state index contributed by atoms with van der Waals surface area (Å²) in [6.45, 7) is 6.40. The Morgan fingerprint density at radius 2 is 2.06 bits per heavy atom. The molecule has 3 aromatic rings. The average molecular weight is 451 g/mol. The number of H-pyrrole nitrogens is 1. The molecule has 0 aliphatic heterocycles. The zero-order valence-electron chi connectivity index (χ0n) is 19.8. The fourth-order valence-electron chi connectivity index (χ4n) is 4.64. The van der Waals surface area contributed by atoms with Crippen LogP contribution in [0.3, 0.4) is 0 Å². The van der Waals surface area contributed by atoms with Crippen molar-refractivity contribution in [2.75, 3.05) is 13.2 Å². The second kappa shape index (κ2) is 10.0. The molecule has 0 saturated heterocycles. The van der Waals surface area contributed by atoms with Crippen molar-refractivity contribution in [3.05, 3.63) is 59.7 Å². The number of ether oxygens (including phenoxy) is 1. The van der Waals surface area contributed by atoms with Crippen LogP contribution in [0.15, 0.2) is 42.6 Å². The molecule has 2 N–H and O–H groups in total. The van der Waals surface area contributed by atoms with Gasteiger partial charge in [0, 0.05) is 19.3 Å². The molecule has 4 rings (SSSR count). The Bertz CT molecular complexity index is 1060.